The Balaban J connectivity index is 1.95. The molecular formula is C20H18F6. The summed E-state index contributed by atoms with van der Waals surface area (Å²) in [6.45, 7) is 2.12. The molecule has 2 aromatic carbocycles. The Morgan fingerprint density at radius 1 is 0.846 bits per heavy atom. The lowest BCUT2D eigenvalue weighted by Gasteiger charge is -2.27. The minimum Gasteiger partial charge on any atom is -0.206 e. The van der Waals surface area contributed by atoms with E-state index < -0.39 is 29.2 Å². The largest absolute Gasteiger partial charge is 0.419 e. The van der Waals surface area contributed by atoms with Crippen LogP contribution in [0.1, 0.15) is 49.7 Å². The van der Waals surface area contributed by atoms with Crippen molar-refractivity contribution in [1.29, 1.82) is 0 Å². The topological polar surface area (TPSA) is 0 Å². The molecule has 0 unspecified atom stereocenters. The van der Waals surface area contributed by atoms with Gasteiger partial charge in [-0.3, -0.25) is 0 Å². The fourth-order valence-corrected chi connectivity index (χ4v) is 3.59. The first-order chi connectivity index (χ1) is 12.2. The Bertz CT molecular complexity index is 801. The summed E-state index contributed by atoms with van der Waals surface area (Å²) in [6.07, 6.45) is -1.42. The third-order valence-electron chi connectivity index (χ3n) is 5.15. The van der Waals surface area contributed by atoms with Gasteiger partial charge in [0.1, 0.15) is 5.82 Å². The minimum absolute atomic E-state index is 0.0703. The number of rotatable bonds is 2. The van der Waals surface area contributed by atoms with Crippen LogP contribution in [0.15, 0.2) is 30.3 Å². The molecule has 0 bridgehead atoms. The number of halogens is 6. The summed E-state index contributed by atoms with van der Waals surface area (Å²) in [6, 6.07) is 4.85. The highest BCUT2D eigenvalue weighted by atomic mass is 19.4. The fraction of sp³-hybridized carbons (Fsp3) is 0.400. The Labute approximate surface area is 147 Å². The number of hydrogen-bond acceptors (Lipinski definition) is 0. The van der Waals surface area contributed by atoms with E-state index in [1.54, 1.807) is 0 Å². The van der Waals surface area contributed by atoms with Gasteiger partial charge in [0.2, 0.25) is 0 Å². The van der Waals surface area contributed by atoms with Crippen LogP contribution < -0.4 is 0 Å². The van der Waals surface area contributed by atoms with Crippen LogP contribution in [0.25, 0.3) is 11.1 Å². The highest BCUT2D eigenvalue weighted by Crippen LogP contribution is 2.39. The molecule has 0 aliphatic heterocycles. The molecule has 0 atom stereocenters. The van der Waals surface area contributed by atoms with E-state index in [9.17, 15) is 26.3 Å². The third kappa shape index (κ3) is 3.60. The maximum absolute atomic E-state index is 14.5. The molecule has 0 aromatic heterocycles. The summed E-state index contributed by atoms with van der Waals surface area (Å²) in [5.41, 5.74) is -1.53. The van der Waals surface area contributed by atoms with E-state index in [1.807, 2.05) is 0 Å². The predicted molar refractivity (Wildman–Crippen MR) is 87.1 cm³/mol. The van der Waals surface area contributed by atoms with Crippen LogP contribution in [0.2, 0.25) is 0 Å². The van der Waals surface area contributed by atoms with E-state index in [0.29, 0.717) is 18.1 Å². The summed E-state index contributed by atoms with van der Waals surface area (Å²) >= 11 is 0. The molecule has 140 valence electrons. The van der Waals surface area contributed by atoms with Crippen molar-refractivity contribution in [3.05, 3.63) is 58.9 Å². The zero-order valence-corrected chi connectivity index (χ0v) is 14.1. The smallest absolute Gasteiger partial charge is 0.206 e. The number of alkyl halides is 3. The number of benzene rings is 2. The first-order valence-electron chi connectivity index (χ1n) is 8.53. The Hall–Kier alpha value is -1.98. The molecule has 0 nitrogen and oxygen atoms in total. The molecule has 1 saturated carbocycles. The lowest BCUT2D eigenvalue weighted by Crippen LogP contribution is -2.13. The Morgan fingerprint density at radius 3 is 2.08 bits per heavy atom. The van der Waals surface area contributed by atoms with Crippen LogP contribution in [-0.4, -0.2) is 0 Å². The standard InChI is InChI=1S/C20H18F6/c1-11-2-4-12(5-3-11)14-7-8-15(19(23)18(14)22)13-6-9-16(17(21)10-13)20(24,25)26/h6-12H,2-5H2,1H3. The van der Waals surface area contributed by atoms with Crippen molar-refractivity contribution >= 4 is 0 Å². The van der Waals surface area contributed by atoms with Gasteiger partial charge >= 0.3 is 6.18 Å². The van der Waals surface area contributed by atoms with Crippen molar-refractivity contribution in [1.82, 2.24) is 0 Å². The van der Waals surface area contributed by atoms with E-state index in [-0.39, 0.29) is 22.6 Å². The molecule has 3 rings (SSSR count). The van der Waals surface area contributed by atoms with Gasteiger partial charge in [-0.25, -0.2) is 13.2 Å². The summed E-state index contributed by atoms with van der Waals surface area (Å²) < 4.78 is 80.7. The highest BCUT2D eigenvalue weighted by Gasteiger charge is 2.34. The van der Waals surface area contributed by atoms with E-state index in [4.69, 9.17) is 0 Å². The first kappa shape index (κ1) is 18.8. The van der Waals surface area contributed by atoms with E-state index >= 15 is 0 Å². The average Bonchev–Trinajstić information content (AvgIpc) is 2.57. The van der Waals surface area contributed by atoms with Crippen LogP contribution in [0.5, 0.6) is 0 Å². The molecule has 0 spiro atoms. The molecule has 0 amide bonds. The Kier molecular flexibility index (Phi) is 5.04. The van der Waals surface area contributed by atoms with Gasteiger partial charge < -0.3 is 0 Å². The van der Waals surface area contributed by atoms with Crippen molar-refractivity contribution in [2.24, 2.45) is 5.92 Å². The van der Waals surface area contributed by atoms with Crippen molar-refractivity contribution < 1.29 is 26.3 Å². The van der Waals surface area contributed by atoms with Gasteiger partial charge in [0, 0.05) is 5.56 Å². The van der Waals surface area contributed by atoms with Gasteiger partial charge in [-0.1, -0.05) is 38.0 Å². The van der Waals surface area contributed by atoms with Crippen LogP contribution >= 0.6 is 0 Å². The fourth-order valence-electron chi connectivity index (χ4n) is 3.59. The summed E-state index contributed by atoms with van der Waals surface area (Å²) in [5.74, 6) is -3.17. The quantitative estimate of drug-likeness (QED) is 0.494. The molecule has 0 radical (unpaired) electrons. The predicted octanol–water partition coefficient (Wildman–Crippen LogP) is 7.08. The molecule has 26 heavy (non-hydrogen) atoms. The minimum atomic E-state index is -4.84. The van der Waals surface area contributed by atoms with Gasteiger partial charge in [0.15, 0.2) is 11.6 Å². The normalized spacial score (nSPS) is 21.0. The Morgan fingerprint density at radius 2 is 1.50 bits per heavy atom. The average molecular weight is 372 g/mol. The third-order valence-corrected chi connectivity index (χ3v) is 5.15. The van der Waals surface area contributed by atoms with Crippen molar-refractivity contribution in [3.8, 4) is 11.1 Å². The number of hydrogen-bond donors (Lipinski definition) is 0. The summed E-state index contributed by atoms with van der Waals surface area (Å²) in [5, 5.41) is 0. The maximum Gasteiger partial charge on any atom is 0.419 e. The molecule has 6 heteroatoms. The zero-order valence-electron chi connectivity index (χ0n) is 14.1. The first-order valence-corrected chi connectivity index (χ1v) is 8.53. The van der Waals surface area contributed by atoms with E-state index in [0.717, 1.165) is 31.7 Å². The molecule has 2 aromatic rings. The zero-order chi connectivity index (χ0) is 19.1. The molecule has 0 N–H and O–H groups in total. The SMILES string of the molecule is CC1CCC(c2ccc(-c3ccc(C(F)(F)F)c(F)c3)c(F)c2F)CC1. The van der Waals surface area contributed by atoms with Gasteiger partial charge in [-0.15, -0.1) is 0 Å². The second-order valence-corrected chi connectivity index (χ2v) is 6.98. The molecule has 1 fully saturated rings. The van der Waals surface area contributed by atoms with Gasteiger partial charge in [-0.05, 0) is 47.9 Å². The lowest BCUT2D eigenvalue weighted by molar-refractivity contribution is -0.139. The molecule has 1 aliphatic carbocycles. The van der Waals surface area contributed by atoms with Crippen LogP contribution in [0, 0.1) is 23.4 Å². The van der Waals surface area contributed by atoms with Gasteiger partial charge in [0.05, 0.1) is 5.56 Å². The van der Waals surface area contributed by atoms with Crippen molar-refractivity contribution in [2.45, 2.75) is 44.7 Å². The van der Waals surface area contributed by atoms with Crippen LogP contribution in [0.3, 0.4) is 0 Å². The lowest BCUT2D eigenvalue weighted by atomic mass is 9.79. The summed E-state index contributed by atoms with van der Waals surface area (Å²) in [4.78, 5) is 0. The maximum atomic E-state index is 14.5. The second kappa shape index (κ2) is 6.97. The molecule has 0 heterocycles. The van der Waals surface area contributed by atoms with Crippen molar-refractivity contribution in [2.75, 3.05) is 0 Å². The van der Waals surface area contributed by atoms with E-state index in [1.165, 1.54) is 12.1 Å². The van der Waals surface area contributed by atoms with Gasteiger partial charge in [-0.2, -0.15) is 13.2 Å². The monoisotopic (exact) mass is 372 g/mol. The summed E-state index contributed by atoms with van der Waals surface area (Å²) in [7, 11) is 0. The van der Waals surface area contributed by atoms with Crippen molar-refractivity contribution in [3.63, 3.8) is 0 Å². The molecular weight excluding hydrogens is 354 g/mol. The molecule has 1 aliphatic rings. The molecule has 0 saturated heterocycles. The van der Waals surface area contributed by atoms with Crippen LogP contribution in [0.4, 0.5) is 26.3 Å². The second-order valence-electron chi connectivity index (χ2n) is 6.98. The van der Waals surface area contributed by atoms with Crippen LogP contribution in [-0.2, 0) is 6.18 Å². The van der Waals surface area contributed by atoms with E-state index in [2.05, 4.69) is 6.92 Å². The van der Waals surface area contributed by atoms with Gasteiger partial charge in [0.25, 0.3) is 0 Å². The highest BCUT2D eigenvalue weighted by molar-refractivity contribution is 5.65.